The number of aromatic nitrogens is 1. The van der Waals surface area contributed by atoms with Crippen molar-refractivity contribution < 1.29 is 17.9 Å². The monoisotopic (exact) mass is 382 g/mol. The van der Waals surface area contributed by atoms with Gasteiger partial charge in [0.15, 0.2) is 4.87 Å². The summed E-state index contributed by atoms with van der Waals surface area (Å²) in [6, 6.07) is 11.5. The van der Waals surface area contributed by atoms with Crippen molar-refractivity contribution in [2.24, 2.45) is 10.9 Å². The number of benzene rings is 1. The van der Waals surface area contributed by atoms with Crippen LogP contribution in [0.1, 0.15) is 19.3 Å². The molecule has 2 unspecified atom stereocenters. The van der Waals surface area contributed by atoms with E-state index in [1.807, 2.05) is 0 Å². The Balaban J connectivity index is 1.80. The zero-order valence-electron chi connectivity index (χ0n) is 14.5. The fourth-order valence-corrected chi connectivity index (χ4v) is 5.59. The topological polar surface area (TPSA) is 85.7 Å². The first-order valence-corrected chi connectivity index (χ1v) is 10.2. The molecular formula is C20H18N2O4S. The zero-order valence-corrected chi connectivity index (χ0v) is 15.3. The van der Waals surface area contributed by atoms with Crippen LogP contribution >= 0.6 is 0 Å². The quantitative estimate of drug-likeness (QED) is 0.794. The van der Waals surface area contributed by atoms with Gasteiger partial charge in [0.05, 0.1) is 17.0 Å². The number of pyridine rings is 1. The van der Waals surface area contributed by atoms with Gasteiger partial charge in [-0.25, -0.2) is 8.42 Å². The van der Waals surface area contributed by atoms with Crippen molar-refractivity contribution in [1.29, 1.82) is 0 Å². The van der Waals surface area contributed by atoms with Gasteiger partial charge < -0.3 is 4.74 Å². The Morgan fingerprint density at radius 1 is 1.07 bits per heavy atom. The van der Waals surface area contributed by atoms with Crippen LogP contribution in [0.5, 0.6) is 5.75 Å². The van der Waals surface area contributed by atoms with Crippen molar-refractivity contribution in [1.82, 2.24) is 4.98 Å². The van der Waals surface area contributed by atoms with Crippen molar-refractivity contribution in [3.8, 4) is 5.75 Å². The second kappa shape index (κ2) is 6.74. The molecule has 4 rings (SSSR count). The molecule has 1 aromatic heterocycles. The van der Waals surface area contributed by atoms with Crippen LogP contribution in [-0.4, -0.2) is 30.3 Å². The molecule has 2 atom stereocenters. The highest BCUT2D eigenvalue weighted by Crippen LogP contribution is 2.44. The molecule has 1 aliphatic heterocycles. The third-order valence-corrected chi connectivity index (χ3v) is 7.18. The van der Waals surface area contributed by atoms with E-state index in [2.05, 4.69) is 9.98 Å². The first-order valence-electron chi connectivity index (χ1n) is 8.71. The highest BCUT2D eigenvalue weighted by molar-refractivity contribution is 7.93. The second-order valence-electron chi connectivity index (χ2n) is 6.57. The van der Waals surface area contributed by atoms with Crippen molar-refractivity contribution in [3.63, 3.8) is 0 Å². The predicted octanol–water partition coefficient (Wildman–Crippen LogP) is 2.97. The van der Waals surface area contributed by atoms with Crippen LogP contribution < -0.4 is 4.74 Å². The summed E-state index contributed by atoms with van der Waals surface area (Å²) in [4.78, 5) is 19.3. The van der Waals surface area contributed by atoms with E-state index >= 15 is 0 Å². The number of nitrogens with zero attached hydrogens (tertiary/aromatic N) is 2. The number of rotatable bonds is 5. The van der Waals surface area contributed by atoms with Gasteiger partial charge >= 0.3 is 0 Å². The number of ether oxygens (including phenoxy) is 1. The van der Waals surface area contributed by atoms with Crippen LogP contribution in [0.3, 0.4) is 0 Å². The van der Waals surface area contributed by atoms with Crippen molar-refractivity contribution in [3.05, 3.63) is 66.7 Å². The lowest BCUT2D eigenvalue weighted by Gasteiger charge is -2.29. The Kier molecular flexibility index (Phi) is 4.39. The Morgan fingerprint density at radius 2 is 1.81 bits per heavy atom. The first kappa shape index (κ1) is 17.6. The van der Waals surface area contributed by atoms with E-state index in [0.717, 1.165) is 0 Å². The lowest BCUT2D eigenvalue weighted by molar-refractivity contribution is -0.121. The minimum Gasteiger partial charge on any atom is -0.456 e. The number of ketones is 1. The van der Waals surface area contributed by atoms with Gasteiger partial charge in [0.25, 0.3) is 0 Å². The second-order valence-corrected chi connectivity index (χ2v) is 8.70. The number of hydrogen-bond donors (Lipinski definition) is 0. The minimum absolute atomic E-state index is 0.0759. The molecule has 0 saturated heterocycles. The molecule has 1 aliphatic carbocycles. The summed E-state index contributed by atoms with van der Waals surface area (Å²) in [7, 11) is -3.93. The first-order chi connectivity index (χ1) is 13.0. The molecule has 2 heterocycles. The van der Waals surface area contributed by atoms with E-state index in [4.69, 9.17) is 4.74 Å². The van der Waals surface area contributed by atoms with Gasteiger partial charge in [-0.05, 0) is 37.1 Å². The molecule has 1 aromatic carbocycles. The molecule has 0 radical (unpaired) electrons. The van der Waals surface area contributed by atoms with Gasteiger partial charge in [-0.1, -0.05) is 18.2 Å². The maximum Gasteiger partial charge on any atom is 0.208 e. The molecule has 2 aromatic rings. The van der Waals surface area contributed by atoms with E-state index in [1.165, 1.54) is 24.4 Å². The lowest BCUT2D eigenvalue weighted by Crippen LogP contribution is -2.43. The fraction of sp³-hybridized carbons (Fsp3) is 0.250. The van der Waals surface area contributed by atoms with Gasteiger partial charge in [0.2, 0.25) is 9.84 Å². The Bertz CT molecular complexity index is 1020. The van der Waals surface area contributed by atoms with Gasteiger partial charge in [0, 0.05) is 24.9 Å². The summed E-state index contributed by atoms with van der Waals surface area (Å²) >= 11 is 0. The molecule has 0 N–H and O–H groups in total. The molecule has 7 heteroatoms. The van der Waals surface area contributed by atoms with Gasteiger partial charge in [-0.2, -0.15) is 0 Å². The number of carbonyl (C=O) groups excluding carboxylic acids is 1. The Morgan fingerprint density at radius 3 is 2.48 bits per heavy atom. The third kappa shape index (κ3) is 2.98. The summed E-state index contributed by atoms with van der Waals surface area (Å²) in [6.07, 6.45) is 7.56. The lowest BCUT2D eigenvalue weighted by atomic mass is 9.97. The maximum absolute atomic E-state index is 13.5. The molecule has 27 heavy (non-hydrogen) atoms. The van der Waals surface area contributed by atoms with Gasteiger partial charge in [-0.15, -0.1) is 0 Å². The van der Waals surface area contributed by atoms with E-state index in [-0.39, 0.29) is 10.7 Å². The van der Waals surface area contributed by atoms with Gasteiger partial charge in [0.1, 0.15) is 17.3 Å². The largest absolute Gasteiger partial charge is 0.456 e. The summed E-state index contributed by atoms with van der Waals surface area (Å²) < 4.78 is 32.8. The maximum atomic E-state index is 13.5. The minimum atomic E-state index is -3.93. The molecule has 1 fully saturated rings. The fourth-order valence-electron chi connectivity index (χ4n) is 3.61. The summed E-state index contributed by atoms with van der Waals surface area (Å²) in [5, 5.41) is 0. The average Bonchev–Trinajstić information content (AvgIpc) is 3.30. The van der Waals surface area contributed by atoms with E-state index in [0.29, 0.717) is 30.8 Å². The number of aliphatic imine (C=N–C) groups is 1. The summed E-state index contributed by atoms with van der Waals surface area (Å²) in [5.41, 5.74) is 0. The number of allylic oxidation sites excluding steroid dienone is 1. The molecule has 6 nitrogen and oxygen atoms in total. The van der Waals surface area contributed by atoms with Crippen LogP contribution in [0.15, 0.2) is 76.6 Å². The predicted molar refractivity (Wildman–Crippen MR) is 100 cm³/mol. The highest BCUT2D eigenvalue weighted by Gasteiger charge is 2.55. The Labute approximate surface area is 157 Å². The normalized spacial score (nSPS) is 24.8. The SMILES string of the molecule is O=C1CCCC1C1(S(=O)(=O)c2ccccc2)C=C(Oc2ccncc2)C=N1. The molecule has 138 valence electrons. The molecule has 2 aliphatic rings. The number of carbonyl (C=O) groups is 1. The van der Waals surface area contributed by atoms with Crippen LogP contribution in [0.4, 0.5) is 0 Å². The van der Waals surface area contributed by atoms with E-state index < -0.39 is 20.6 Å². The zero-order chi connectivity index (χ0) is 18.9. The van der Waals surface area contributed by atoms with Crippen LogP contribution in [0.25, 0.3) is 0 Å². The molecule has 0 bridgehead atoms. The Hall–Kier alpha value is -2.80. The molecule has 0 spiro atoms. The van der Waals surface area contributed by atoms with Crippen LogP contribution in [0.2, 0.25) is 0 Å². The van der Waals surface area contributed by atoms with Gasteiger partial charge in [-0.3, -0.25) is 14.8 Å². The van der Waals surface area contributed by atoms with Crippen LogP contribution in [0, 0.1) is 5.92 Å². The molecule has 1 saturated carbocycles. The van der Waals surface area contributed by atoms with E-state index in [1.54, 1.807) is 42.7 Å². The summed E-state index contributed by atoms with van der Waals surface area (Å²) in [5.74, 6) is 0.0410. The van der Waals surface area contributed by atoms with E-state index in [9.17, 15) is 13.2 Å². The smallest absolute Gasteiger partial charge is 0.208 e. The molecular weight excluding hydrogens is 364 g/mol. The molecule has 0 amide bonds. The third-order valence-electron chi connectivity index (χ3n) is 4.92. The summed E-state index contributed by atoms with van der Waals surface area (Å²) in [6.45, 7) is 0. The number of Topliss-reactive ketones (excluding diaryl/α,β-unsaturated/α-hetero) is 1. The number of hydrogen-bond acceptors (Lipinski definition) is 6. The van der Waals surface area contributed by atoms with Crippen LogP contribution in [-0.2, 0) is 14.6 Å². The van der Waals surface area contributed by atoms with Crippen molar-refractivity contribution >= 4 is 21.8 Å². The standard InChI is InChI=1S/C20H18N2O4S/c23-19-8-4-7-18(19)20(27(24,25)17-5-2-1-3-6-17)13-16(14-22-20)26-15-9-11-21-12-10-15/h1-3,5-6,9-14,18H,4,7-8H2. The average molecular weight is 382 g/mol. The van der Waals surface area contributed by atoms with Crippen molar-refractivity contribution in [2.45, 2.75) is 29.0 Å². The van der Waals surface area contributed by atoms with Crippen molar-refractivity contribution in [2.75, 3.05) is 0 Å². The number of sulfone groups is 1. The highest BCUT2D eigenvalue weighted by atomic mass is 32.2.